The van der Waals surface area contributed by atoms with E-state index >= 15 is 0 Å². The first-order chi connectivity index (χ1) is 9.06. The van der Waals surface area contributed by atoms with Crippen molar-refractivity contribution in [3.8, 4) is 0 Å². The number of carbonyl (C=O) groups is 1. The lowest BCUT2D eigenvalue weighted by molar-refractivity contribution is -0.120. The molecule has 1 saturated carbocycles. The van der Waals surface area contributed by atoms with E-state index in [4.69, 9.17) is 5.73 Å². The number of carbonyl (C=O) groups excluding carboxylic acids is 1. The zero-order chi connectivity index (χ0) is 13.8. The molecule has 3 N–H and O–H groups in total. The lowest BCUT2D eigenvalue weighted by Gasteiger charge is -2.24. The van der Waals surface area contributed by atoms with Crippen LogP contribution in [0.25, 0.3) is 0 Å². The largest absolute Gasteiger partial charge is 0.399 e. The maximum absolute atomic E-state index is 11.8. The van der Waals surface area contributed by atoms with Gasteiger partial charge < -0.3 is 11.1 Å². The highest BCUT2D eigenvalue weighted by atomic mass is 35.5. The van der Waals surface area contributed by atoms with Gasteiger partial charge in [-0.05, 0) is 44.5 Å². The number of benzene rings is 1. The third-order valence-corrected chi connectivity index (χ3v) is 3.76. The Morgan fingerprint density at radius 3 is 2.43 bits per heavy atom. The smallest absolute Gasteiger partial charge is 0.224 e. The second kappa shape index (κ2) is 9.13. The fraction of sp³-hybridized carbons (Fsp3) is 0.533. The number of hydrogen-bond acceptors (Lipinski definition) is 3. The molecule has 1 aliphatic carbocycles. The van der Waals surface area contributed by atoms with Gasteiger partial charge in [0, 0.05) is 24.3 Å². The number of halogens is 2. The molecule has 1 unspecified atom stereocenters. The van der Waals surface area contributed by atoms with Crippen LogP contribution in [0.1, 0.15) is 25.3 Å². The van der Waals surface area contributed by atoms with Crippen LogP contribution in [0, 0.1) is 0 Å². The number of nitrogen functional groups attached to an aromatic ring is 1. The van der Waals surface area contributed by atoms with Crippen molar-refractivity contribution in [2.24, 2.45) is 0 Å². The average Bonchev–Trinajstić information content (AvgIpc) is 3.22. The van der Waals surface area contributed by atoms with Crippen LogP contribution in [0.5, 0.6) is 0 Å². The number of amides is 1. The molecule has 1 aromatic rings. The van der Waals surface area contributed by atoms with Gasteiger partial charge in [-0.15, -0.1) is 24.8 Å². The van der Waals surface area contributed by atoms with Crippen molar-refractivity contribution < 1.29 is 4.79 Å². The molecule has 120 valence electrons. The number of nitrogens with two attached hydrogens (primary N) is 1. The lowest BCUT2D eigenvalue weighted by Crippen LogP contribution is -2.41. The standard InChI is InChI=1S/C15H23N3O.2ClH/c1-11(18(2)14-7-8-14)10-17-15(19)9-12-3-5-13(16)6-4-12;;/h3-6,11,14H,7-10,16H2,1-2H3,(H,17,19);2*1H. The van der Waals surface area contributed by atoms with E-state index in [2.05, 4.69) is 24.2 Å². The molecule has 0 heterocycles. The van der Waals surface area contributed by atoms with Crippen LogP contribution in [0.2, 0.25) is 0 Å². The molecule has 2 rings (SSSR count). The van der Waals surface area contributed by atoms with Crippen molar-refractivity contribution in [2.45, 2.75) is 38.3 Å². The van der Waals surface area contributed by atoms with E-state index in [-0.39, 0.29) is 30.7 Å². The molecule has 1 aromatic carbocycles. The quantitative estimate of drug-likeness (QED) is 0.785. The third kappa shape index (κ3) is 6.55. The van der Waals surface area contributed by atoms with Gasteiger partial charge in [0.2, 0.25) is 5.91 Å². The van der Waals surface area contributed by atoms with E-state index in [0.717, 1.165) is 17.3 Å². The van der Waals surface area contributed by atoms with Gasteiger partial charge in [-0.3, -0.25) is 9.69 Å². The average molecular weight is 334 g/mol. The monoisotopic (exact) mass is 333 g/mol. The first-order valence-corrected chi connectivity index (χ1v) is 6.89. The van der Waals surface area contributed by atoms with E-state index in [1.807, 2.05) is 24.3 Å². The summed E-state index contributed by atoms with van der Waals surface area (Å²) in [6.07, 6.45) is 3.00. The predicted octanol–water partition coefficient (Wildman–Crippen LogP) is 2.25. The molecule has 21 heavy (non-hydrogen) atoms. The summed E-state index contributed by atoms with van der Waals surface area (Å²) in [6.45, 7) is 2.86. The van der Waals surface area contributed by atoms with Gasteiger partial charge in [-0.1, -0.05) is 12.1 Å². The van der Waals surface area contributed by atoms with Crippen molar-refractivity contribution in [1.82, 2.24) is 10.2 Å². The minimum Gasteiger partial charge on any atom is -0.399 e. The van der Waals surface area contributed by atoms with Crippen LogP contribution in [-0.2, 0) is 11.2 Å². The minimum absolute atomic E-state index is 0. The highest BCUT2D eigenvalue weighted by molar-refractivity contribution is 5.85. The van der Waals surface area contributed by atoms with Crippen LogP contribution in [0.15, 0.2) is 24.3 Å². The highest BCUT2D eigenvalue weighted by Crippen LogP contribution is 2.26. The first-order valence-electron chi connectivity index (χ1n) is 6.89. The molecule has 0 radical (unpaired) electrons. The Morgan fingerprint density at radius 2 is 1.90 bits per heavy atom. The van der Waals surface area contributed by atoms with Crippen LogP contribution in [0.3, 0.4) is 0 Å². The van der Waals surface area contributed by atoms with Crippen LogP contribution < -0.4 is 11.1 Å². The molecule has 0 aromatic heterocycles. The summed E-state index contributed by atoms with van der Waals surface area (Å²) in [5.74, 6) is 0.0702. The molecule has 0 aliphatic heterocycles. The third-order valence-electron chi connectivity index (χ3n) is 3.76. The molecule has 0 spiro atoms. The Balaban J connectivity index is 0.00000200. The Morgan fingerprint density at radius 1 is 1.33 bits per heavy atom. The Bertz CT molecular complexity index is 435. The summed E-state index contributed by atoms with van der Waals surface area (Å²) < 4.78 is 0. The number of hydrogen-bond donors (Lipinski definition) is 2. The highest BCUT2D eigenvalue weighted by Gasteiger charge is 2.29. The van der Waals surface area contributed by atoms with Gasteiger partial charge in [-0.2, -0.15) is 0 Å². The first kappa shape index (κ1) is 20.0. The van der Waals surface area contributed by atoms with Crippen molar-refractivity contribution in [3.05, 3.63) is 29.8 Å². The van der Waals surface area contributed by atoms with Gasteiger partial charge in [0.1, 0.15) is 0 Å². The topological polar surface area (TPSA) is 58.4 Å². The molecule has 1 fully saturated rings. The van der Waals surface area contributed by atoms with Crippen LogP contribution in [-0.4, -0.2) is 36.5 Å². The van der Waals surface area contributed by atoms with Crippen molar-refractivity contribution in [3.63, 3.8) is 0 Å². The van der Waals surface area contributed by atoms with Crippen molar-refractivity contribution >= 4 is 36.4 Å². The van der Waals surface area contributed by atoms with Gasteiger partial charge in [0.25, 0.3) is 0 Å². The maximum Gasteiger partial charge on any atom is 0.224 e. The SMILES string of the molecule is CC(CNC(=O)Cc1ccc(N)cc1)N(C)C1CC1.Cl.Cl. The molecule has 1 atom stereocenters. The van der Waals surface area contributed by atoms with Gasteiger partial charge in [-0.25, -0.2) is 0 Å². The zero-order valence-electron chi connectivity index (χ0n) is 12.5. The summed E-state index contributed by atoms with van der Waals surface area (Å²) >= 11 is 0. The summed E-state index contributed by atoms with van der Waals surface area (Å²) in [7, 11) is 2.13. The van der Waals surface area contributed by atoms with E-state index in [9.17, 15) is 4.79 Å². The molecule has 1 aliphatic rings. The molecule has 0 saturated heterocycles. The predicted molar refractivity (Wildman–Crippen MR) is 92.3 cm³/mol. The van der Waals surface area contributed by atoms with E-state index in [0.29, 0.717) is 19.0 Å². The molecular formula is C15H25Cl2N3O. The van der Waals surface area contributed by atoms with Gasteiger partial charge >= 0.3 is 0 Å². The molecular weight excluding hydrogens is 309 g/mol. The summed E-state index contributed by atoms with van der Waals surface area (Å²) in [4.78, 5) is 14.2. The second-order valence-corrected chi connectivity index (χ2v) is 5.47. The van der Waals surface area contributed by atoms with Crippen molar-refractivity contribution in [1.29, 1.82) is 0 Å². The number of rotatable bonds is 6. The summed E-state index contributed by atoms with van der Waals surface area (Å²) in [6, 6.07) is 8.56. The molecule has 1 amide bonds. The van der Waals surface area contributed by atoms with Crippen LogP contribution in [0.4, 0.5) is 5.69 Å². The summed E-state index contributed by atoms with van der Waals surface area (Å²) in [5.41, 5.74) is 7.34. The Labute approximate surface area is 139 Å². The lowest BCUT2D eigenvalue weighted by atomic mass is 10.1. The minimum atomic E-state index is 0. The Kier molecular flexibility index (Phi) is 8.71. The molecule has 4 nitrogen and oxygen atoms in total. The van der Waals surface area contributed by atoms with E-state index < -0.39 is 0 Å². The molecule has 0 bridgehead atoms. The van der Waals surface area contributed by atoms with Gasteiger partial charge in [0.05, 0.1) is 6.42 Å². The maximum atomic E-state index is 11.8. The summed E-state index contributed by atoms with van der Waals surface area (Å²) in [5, 5.41) is 3.00. The normalized spacial score (nSPS) is 14.8. The van der Waals surface area contributed by atoms with E-state index in [1.54, 1.807) is 0 Å². The number of nitrogens with one attached hydrogen (secondary N) is 1. The van der Waals surface area contributed by atoms with Gasteiger partial charge in [0.15, 0.2) is 0 Å². The van der Waals surface area contributed by atoms with Crippen LogP contribution >= 0.6 is 24.8 Å². The number of likely N-dealkylation sites (N-methyl/N-ethyl adjacent to an activating group) is 1. The second-order valence-electron chi connectivity index (χ2n) is 5.47. The number of anilines is 1. The Hall–Kier alpha value is -0.970. The van der Waals surface area contributed by atoms with E-state index in [1.165, 1.54) is 12.8 Å². The number of nitrogens with zero attached hydrogens (tertiary/aromatic N) is 1. The molecule has 6 heteroatoms. The zero-order valence-corrected chi connectivity index (χ0v) is 14.2. The fourth-order valence-electron chi connectivity index (χ4n) is 2.13. The fourth-order valence-corrected chi connectivity index (χ4v) is 2.13. The van der Waals surface area contributed by atoms with Crippen molar-refractivity contribution in [2.75, 3.05) is 19.3 Å².